The van der Waals surface area contributed by atoms with E-state index in [1.165, 1.54) is 12.1 Å². The number of imidazole rings is 1. The van der Waals surface area contributed by atoms with E-state index < -0.39 is 10.8 Å². The highest BCUT2D eigenvalue weighted by molar-refractivity contribution is 7.85. The zero-order chi connectivity index (χ0) is 17.4. The highest BCUT2D eigenvalue weighted by Crippen LogP contribution is 2.38. The van der Waals surface area contributed by atoms with E-state index in [0.29, 0.717) is 22.8 Å². The van der Waals surface area contributed by atoms with E-state index in [0.717, 1.165) is 36.3 Å². The second kappa shape index (κ2) is 6.55. The summed E-state index contributed by atoms with van der Waals surface area (Å²) >= 11 is 0. The Labute approximate surface area is 147 Å². The molecule has 7 heteroatoms. The second-order valence-corrected chi connectivity index (χ2v) is 7.54. The number of ether oxygens (including phenoxy) is 1. The van der Waals surface area contributed by atoms with Crippen molar-refractivity contribution in [1.82, 2.24) is 15.0 Å². The van der Waals surface area contributed by atoms with Crippen molar-refractivity contribution >= 4 is 21.8 Å². The third kappa shape index (κ3) is 2.93. The lowest BCUT2D eigenvalue weighted by Gasteiger charge is -2.24. The Morgan fingerprint density at radius 2 is 2.28 bits per heavy atom. The lowest BCUT2D eigenvalue weighted by molar-refractivity contribution is 0.333. The number of hydrogen-bond donors (Lipinski definition) is 1. The van der Waals surface area contributed by atoms with Gasteiger partial charge in [-0.15, -0.1) is 0 Å². The Bertz CT molecular complexity index is 957. The molecule has 2 atom stereocenters. The molecule has 0 saturated carbocycles. The molecule has 0 aliphatic heterocycles. The van der Waals surface area contributed by atoms with Crippen LogP contribution < -0.4 is 4.74 Å². The van der Waals surface area contributed by atoms with E-state index in [4.69, 9.17) is 4.74 Å². The van der Waals surface area contributed by atoms with Crippen LogP contribution in [-0.2, 0) is 17.2 Å². The number of nitrogens with one attached hydrogen (secondary N) is 1. The molecule has 3 aromatic rings. The summed E-state index contributed by atoms with van der Waals surface area (Å²) in [6.45, 7) is 2.53. The first-order chi connectivity index (χ1) is 12.2. The molecule has 4 rings (SSSR count). The molecular formula is C18H18FN3O2S. The van der Waals surface area contributed by atoms with E-state index in [1.807, 2.05) is 13.0 Å². The molecule has 0 bridgehead atoms. The number of H-pyrrole nitrogens is 1. The van der Waals surface area contributed by atoms with Gasteiger partial charge in [0.05, 0.1) is 39.4 Å². The first-order valence-corrected chi connectivity index (χ1v) is 9.55. The van der Waals surface area contributed by atoms with Crippen molar-refractivity contribution in [2.45, 2.75) is 36.6 Å². The van der Waals surface area contributed by atoms with Crippen LogP contribution in [0.4, 0.5) is 4.39 Å². The van der Waals surface area contributed by atoms with Gasteiger partial charge in [-0.2, -0.15) is 0 Å². The average Bonchev–Trinajstić information content (AvgIpc) is 3.04. The van der Waals surface area contributed by atoms with Crippen molar-refractivity contribution < 1.29 is 13.3 Å². The number of fused-ring (bicyclic) bond motifs is 2. The van der Waals surface area contributed by atoms with Gasteiger partial charge in [0, 0.05) is 11.8 Å². The standard InChI is InChI=1S/C18H18FN3O2S/c1-2-24-15-8-9-20-17-12(15)4-3-5-16(17)25(23)18-21-13-7-6-11(19)10-14(13)22-18/h6-10,16H,2-5H2,1H3,(H,21,22). The minimum atomic E-state index is -1.39. The number of rotatable bonds is 4. The second-order valence-electron chi connectivity index (χ2n) is 5.99. The fourth-order valence-corrected chi connectivity index (χ4v) is 4.76. The van der Waals surface area contributed by atoms with Crippen molar-refractivity contribution in [3.63, 3.8) is 0 Å². The van der Waals surface area contributed by atoms with Crippen LogP contribution in [-0.4, -0.2) is 25.8 Å². The van der Waals surface area contributed by atoms with E-state index in [9.17, 15) is 8.60 Å². The Kier molecular flexibility index (Phi) is 4.25. The Morgan fingerprint density at radius 1 is 1.40 bits per heavy atom. The molecule has 2 unspecified atom stereocenters. The molecule has 2 aromatic heterocycles. The molecule has 2 heterocycles. The fraction of sp³-hybridized carbons (Fsp3) is 0.333. The van der Waals surface area contributed by atoms with Crippen LogP contribution in [0.2, 0.25) is 0 Å². The van der Waals surface area contributed by atoms with Gasteiger partial charge in [0.1, 0.15) is 11.6 Å². The average molecular weight is 359 g/mol. The number of aromatic nitrogens is 3. The summed E-state index contributed by atoms with van der Waals surface area (Å²) in [5.74, 6) is 0.473. The molecule has 1 N–H and O–H groups in total. The van der Waals surface area contributed by atoms with Gasteiger partial charge in [-0.05, 0) is 50.5 Å². The van der Waals surface area contributed by atoms with Gasteiger partial charge in [-0.1, -0.05) is 0 Å². The van der Waals surface area contributed by atoms with Crippen LogP contribution >= 0.6 is 0 Å². The zero-order valence-electron chi connectivity index (χ0n) is 13.8. The van der Waals surface area contributed by atoms with Crippen molar-refractivity contribution in [3.8, 4) is 5.75 Å². The normalized spacial score (nSPS) is 18.1. The third-order valence-corrected chi connectivity index (χ3v) is 5.97. The van der Waals surface area contributed by atoms with Gasteiger partial charge < -0.3 is 9.72 Å². The van der Waals surface area contributed by atoms with Crippen LogP contribution in [0.25, 0.3) is 11.0 Å². The molecule has 0 saturated heterocycles. The molecule has 5 nitrogen and oxygen atoms in total. The van der Waals surface area contributed by atoms with Gasteiger partial charge >= 0.3 is 0 Å². The molecule has 1 aliphatic carbocycles. The van der Waals surface area contributed by atoms with Crippen molar-refractivity contribution in [2.24, 2.45) is 0 Å². The first kappa shape index (κ1) is 16.2. The van der Waals surface area contributed by atoms with E-state index in [1.54, 1.807) is 12.3 Å². The van der Waals surface area contributed by atoms with Gasteiger partial charge in [-0.3, -0.25) is 9.19 Å². The molecule has 0 fully saturated rings. The number of halogens is 1. The van der Waals surface area contributed by atoms with Gasteiger partial charge in [0.2, 0.25) is 0 Å². The SMILES string of the molecule is CCOc1ccnc2c1CCCC2S(=O)c1nc2ccc(F)cc2[nH]1. The lowest BCUT2D eigenvalue weighted by atomic mass is 9.95. The highest BCUT2D eigenvalue weighted by atomic mass is 32.2. The monoisotopic (exact) mass is 359 g/mol. The summed E-state index contributed by atoms with van der Waals surface area (Å²) in [5, 5.41) is 0.122. The Hall–Kier alpha value is -2.28. The van der Waals surface area contributed by atoms with E-state index in [-0.39, 0.29) is 11.1 Å². The maximum Gasteiger partial charge on any atom is 0.198 e. The summed E-state index contributed by atoms with van der Waals surface area (Å²) in [6, 6.07) is 6.16. The maximum absolute atomic E-state index is 13.4. The van der Waals surface area contributed by atoms with Crippen molar-refractivity contribution in [2.75, 3.05) is 6.61 Å². The molecule has 0 spiro atoms. The summed E-state index contributed by atoms with van der Waals surface area (Å²) in [7, 11) is -1.39. The topological polar surface area (TPSA) is 67.9 Å². The van der Waals surface area contributed by atoms with Gasteiger partial charge in [0.15, 0.2) is 5.16 Å². The molecular weight excluding hydrogens is 341 g/mol. The fourth-order valence-electron chi connectivity index (χ4n) is 3.31. The first-order valence-electron chi connectivity index (χ1n) is 8.33. The predicted octanol–water partition coefficient (Wildman–Crippen LogP) is 3.68. The largest absolute Gasteiger partial charge is 0.493 e. The minimum absolute atomic E-state index is 0.241. The van der Waals surface area contributed by atoms with Crippen LogP contribution in [0, 0.1) is 5.82 Å². The van der Waals surface area contributed by atoms with Gasteiger partial charge in [-0.25, -0.2) is 9.37 Å². The van der Waals surface area contributed by atoms with Crippen molar-refractivity contribution in [1.29, 1.82) is 0 Å². The van der Waals surface area contributed by atoms with Crippen LogP contribution in [0.5, 0.6) is 5.75 Å². The number of pyridine rings is 1. The van der Waals surface area contributed by atoms with Crippen molar-refractivity contribution in [3.05, 3.63) is 47.5 Å². The lowest BCUT2D eigenvalue weighted by Crippen LogP contribution is -2.18. The Balaban J connectivity index is 1.72. The number of nitrogens with zero attached hydrogens (tertiary/aromatic N) is 2. The molecule has 25 heavy (non-hydrogen) atoms. The number of aromatic amines is 1. The minimum Gasteiger partial charge on any atom is -0.493 e. The van der Waals surface area contributed by atoms with Crippen LogP contribution in [0.1, 0.15) is 36.3 Å². The smallest absolute Gasteiger partial charge is 0.198 e. The summed E-state index contributed by atoms with van der Waals surface area (Å²) < 4.78 is 32.2. The maximum atomic E-state index is 13.4. The van der Waals surface area contributed by atoms with E-state index in [2.05, 4.69) is 15.0 Å². The summed E-state index contributed by atoms with van der Waals surface area (Å²) in [5.41, 5.74) is 3.02. The summed E-state index contributed by atoms with van der Waals surface area (Å²) in [6.07, 6.45) is 4.27. The molecule has 130 valence electrons. The molecule has 1 aromatic carbocycles. The van der Waals surface area contributed by atoms with Crippen LogP contribution in [0.3, 0.4) is 0 Å². The van der Waals surface area contributed by atoms with E-state index >= 15 is 0 Å². The van der Waals surface area contributed by atoms with Crippen LogP contribution in [0.15, 0.2) is 35.6 Å². The molecule has 0 amide bonds. The quantitative estimate of drug-likeness (QED) is 0.772. The predicted molar refractivity (Wildman–Crippen MR) is 93.5 cm³/mol. The summed E-state index contributed by atoms with van der Waals surface area (Å²) in [4.78, 5) is 11.9. The van der Waals surface area contributed by atoms with Gasteiger partial charge in [0.25, 0.3) is 0 Å². The number of hydrogen-bond acceptors (Lipinski definition) is 4. The number of benzene rings is 1. The zero-order valence-corrected chi connectivity index (χ0v) is 14.6. The third-order valence-electron chi connectivity index (χ3n) is 4.42. The Morgan fingerprint density at radius 3 is 3.12 bits per heavy atom. The molecule has 0 radical (unpaired) electrons. The highest BCUT2D eigenvalue weighted by Gasteiger charge is 2.31. The molecule has 1 aliphatic rings.